The van der Waals surface area contributed by atoms with Gasteiger partial charge in [-0.25, -0.2) is 14.8 Å². The quantitative estimate of drug-likeness (QED) is 0.230. The standard InChI is InChI=1S/C38H43N7O5/c1-5-49-24-15-31(45(18-24)37(46)33(20(2)3)44-38(47)48-4)36-41-28-11-9-21-14-27-25-10-8-22(30-17-40-35(42-30)29-7-6-12-39-29)13-23(25)19-50-32(27)16-26(21)34(28)43-36/h8-11,13-14,16,20,24,29,31,33,39H,5-7,12,15,17-19H2,1-4H3,(H,41,43)(H,44,47)/t24-,29-,31-,33-/m0/s1. The van der Waals surface area contributed by atoms with Gasteiger partial charge >= 0.3 is 6.09 Å². The number of amides is 2. The maximum Gasteiger partial charge on any atom is 0.407 e. The Hall–Kier alpha value is -4.81. The summed E-state index contributed by atoms with van der Waals surface area (Å²) >= 11 is 0. The van der Waals surface area contributed by atoms with Crippen molar-refractivity contribution in [3.05, 3.63) is 59.4 Å². The van der Waals surface area contributed by atoms with Gasteiger partial charge in [0, 0.05) is 30.5 Å². The number of aliphatic imine (C=N–C) groups is 2. The molecule has 4 aromatic rings. The molecule has 5 heterocycles. The van der Waals surface area contributed by atoms with Crippen LogP contribution in [0.3, 0.4) is 0 Å². The number of rotatable bonds is 8. The molecule has 12 heteroatoms. The molecule has 2 saturated heterocycles. The first-order valence-corrected chi connectivity index (χ1v) is 17.7. The van der Waals surface area contributed by atoms with Gasteiger partial charge in [-0.1, -0.05) is 32.0 Å². The molecule has 12 nitrogen and oxygen atoms in total. The average molecular weight is 678 g/mol. The van der Waals surface area contributed by atoms with Crippen molar-refractivity contribution in [1.29, 1.82) is 0 Å². The van der Waals surface area contributed by atoms with Gasteiger partial charge in [-0.15, -0.1) is 0 Å². The Morgan fingerprint density at radius 3 is 2.80 bits per heavy atom. The predicted octanol–water partition coefficient (Wildman–Crippen LogP) is 5.29. The summed E-state index contributed by atoms with van der Waals surface area (Å²) in [6.07, 6.45) is 2.06. The Morgan fingerprint density at radius 1 is 1.14 bits per heavy atom. The van der Waals surface area contributed by atoms with Crippen LogP contribution in [0, 0.1) is 5.92 Å². The number of benzene rings is 3. The predicted molar refractivity (Wildman–Crippen MR) is 192 cm³/mol. The maximum atomic E-state index is 14.0. The van der Waals surface area contributed by atoms with Crippen molar-refractivity contribution >= 4 is 45.4 Å². The molecule has 4 aliphatic heterocycles. The zero-order valence-electron chi connectivity index (χ0n) is 28.9. The van der Waals surface area contributed by atoms with Gasteiger partial charge in [0.2, 0.25) is 5.91 Å². The number of methoxy groups -OCH3 is 1. The molecule has 4 aliphatic rings. The number of nitrogens with one attached hydrogen (secondary N) is 3. The normalized spacial score (nSPS) is 21.9. The minimum absolute atomic E-state index is 0.145. The highest BCUT2D eigenvalue weighted by Crippen LogP contribution is 2.43. The van der Waals surface area contributed by atoms with E-state index in [1.807, 2.05) is 26.8 Å². The largest absolute Gasteiger partial charge is 0.488 e. The highest BCUT2D eigenvalue weighted by atomic mass is 16.5. The lowest BCUT2D eigenvalue weighted by atomic mass is 9.92. The van der Waals surface area contributed by atoms with Crippen molar-refractivity contribution in [3.63, 3.8) is 0 Å². The number of carbonyl (C=O) groups excluding carboxylic acids is 2. The molecule has 3 N–H and O–H groups in total. The van der Waals surface area contributed by atoms with E-state index >= 15 is 0 Å². The molecule has 0 aliphatic carbocycles. The number of aromatic nitrogens is 2. The first kappa shape index (κ1) is 32.4. The average Bonchev–Trinajstić information content (AvgIpc) is 3.95. The number of hydrogen-bond donors (Lipinski definition) is 3. The van der Waals surface area contributed by atoms with Crippen LogP contribution in [0.25, 0.3) is 32.9 Å². The molecular weight excluding hydrogens is 634 g/mol. The van der Waals surface area contributed by atoms with Gasteiger partial charge in [-0.3, -0.25) is 9.79 Å². The topological polar surface area (TPSA) is 143 Å². The molecule has 4 atom stereocenters. The summed E-state index contributed by atoms with van der Waals surface area (Å²) in [7, 11) is 1.29. The summed E-state index contributed by atoms with van der Waals surface area (Å²) in [5.41, 5.74) is 7.12. The Balaban J connectivity index is 1.10. The van der Waals surface area contributed by atoms with Crippen LogP contribution in [-0.4, -0.2) is 90.0 Å². The molecule has 2 amide bonds. The second kappa shape index (κ2) is 13.1. The van der Waals surface area contributed by atoms with Crippen LogP contribution in [0.2, 0.25) is 0 Å². The Bertz CT molecular complexity index is 2050. The van der Waals surface area contributed by atoms with E-state index in [4.69, 9.17) is 29.2 Å². The Labute approximate surface area is 290 Å². The van der Waals surface area contributed by atoms with E-state index in [1.54, 1.807) is 4.90 Å². The lowest BCUT2D eigenvalue weighted by molar-refractivity contribution is -0.136. The summed E-state index contributed by atoms with van der Waals surface area (Å²) in [6, 6.07) is 14.1. The second-order valence-corrected chi connectivity index (χ2v) is 13.9. The molecule has 0 unspecified atom stereocenters. The molecule has 2 fully saturated rings. The lowest BCUT2D eigenvalue weighted by Gasteiger charge is -2.29. The molecule has 0 spiro atoms. The van der Waals surface area contributed by atoms with E-state index in [2.05, 4.69) is 52.0 Å². The van der Waals surface area contributed by atoms with Crippen LogP contribution in [0.4, 0.5) is 4.79 Å². The van der Waals surface area contributed by atoms with Gasteiger partial charge < -0.3 is 34.7 Å². The zero-order valence-corrected chi connectivity index (χ0v) is 28.9. The van der Waals surface area contributed by atoms with Gasteiger partial charge in [-0.2, -0.15) is 0 Å². The Kier molecular flexibility index (Phi) is 8.52. The van der Waals surface area contributed by atoms with Crippen LogP contribution in [0.15, 0.2) is 52.4 Å². The van der Waals surface area contributed by atoms with Crippen LogP contribution in [0.1, 0.15) is 63.0 Å². The van der Waals surface area contributed by atoms with Gasteiger partial charge in [0.25, 0.3) is 0 Å². The third kappa shape index (κ3) is 5.79. The molecule has 50 heavy (non-hydrogen) atoms. The summed E-state index contributed by atoms with van der Waals surface area (Å²) in [6.45, 7) is 8.80. The highest BCUT2D eigenvalue weighted by molar-refractivity contribution is 6.14. The summed E-state index contributed by atoms with van der Waals surface area (Å²) in [5.74, 6) is 2.09. The van der Waals surface area contributed by atoms with Crippen molar-refractivity contribution < 1.29 is 23.8 Å². The third-order valence-electron chi connectivity index (χ3n) is 10.4. The van der Waals surface area contributed by atoms with E-state index in [0.29, 0.717) is 38.5 Å². The summed E-state index contributed by atoms with van der Waals surface area (Å²) < 4.78 is 17.2. The van der Waals surface area contributed by atoms with Gasteiger partial charge in [-0.05, 0) is 78.6 Å². The van der Waals surface area contributed by atoms with E-state index in [0.717, 1.165) is 80.7 Å². The van der Waals surface area contributed by atoms with E-state index < -0.39 is 12.1 Å². The number of aromatic amines is 1. The second-order valence-electron chi connectivity index (χ2n) is 13.9. The fourth-order valence-electron chi connectivity index (χ4n) is 7.79. The molecule has 1 aromatic heterocycles. The van der Waals surface area contributed by atoms with Crippen molar-refractivity contribution in [2.45, 2.75) is 70.9 Å². The number of fused-ring (bicyclic) bond motifs is 6. The number of nitrogens with zero attached hydrogens (tertiary/aromatic N) is 4. The van der Waals surface area contributed by atoms with Crippen LogP contribution < -0.4 is 15.4 Å². The fraction of sp³-hybridized carbons (Fsp3) is 0.447. The van der Waals surface area contributed by atoms with Gasteiger partial charge in [0.05, 0.1) is 48.6 Å². The molecular formula is C38H43N7O5. The number of H-pyrrole nitrogens is 1. The number of likely N-dealkylation sites (tertiary alicyclic amines) is 1. The first-order chi connectivity index (χ1) is 24.3. The number of hydrogen-bond acceptors (Lipinski definition) is 9. The van der Waals surface area contributed by atoms with Crippen LogP contribution >= 0.6 is 0 Å². The maximum absolute atomic E-state index is 14.0. The third-order valence-corrected chi connectivity index (χ3v) is 10.4. The van der Waals surface area contributed by atoms with E-state index in [9.17, 15) is 9.59 Å². The molecule has 0 bridgehead atoms. The summed E-state index contributed by atoms with van der Waals surface area (Å²) in [4.78, 5) is 46.1. The Morgan fingerprint density at radius 2 is 2.02 bits per heavy atom. The van der Waals surface area contributed by atoms with Gasteiger partial charge in [0.1, 0.15) is 30.1 Å². The molecule has 260 valence electrons. The van der Waals surface area contributed by atoms with Crippen LogP contribution in [-0.2, 0) is 20.9 Å². The van der Waals surface area contributed by atoms with E-state index in [1.165, 1.54) is 7.11 Å². The van der Waals surface area contributed by atoms with Crippen LogP contribution in [0.5, 0.6) is 5.75 Å². The first-order valence-electron chi connectivity index (χ1n) is 17.7. The monoisotopic (exact) mass is 677 g/mol. The highest BCUT2D eigenvalue weighted by Gasteiger charge is 2.42. The lowest BCUT2D eigenvalue weighted by Crippen LogP contribution is -2.51. The van der Waals surface area contributed by atoms with Crippen molar-refractivity contribution in [3.8, 4) is 16.9 Å². The van der Waals surface area contributed by atoms with Crippen molar-refractivity contribution in [2.75, 3.05) is 33.4 Å². The molecule has 3 aromatic carbocycles. The molecule has 8 rings (SSSR count). The van der Waals surface area contributed by atoms with E-state index in [-0.39, 0.29) is 30.0 Å². The van der Waals surface area contributed by atoms with Gasteiger partial charge in [0.15, 0.2) is 0 Å². The zero-order chi connectivity index (χ0) is 34.5. The summed E-state index contributed by atoms with van der Waals surface area (Å²) in [5, 5.41) is 8.24. The van der Waals surface area contributed by atoms with Crippen molar-refractivity contribution in [2.24, 2.45) is 15.9 Å². The minimum Gasteiger partial charge on any atom is -0.488 e. The smallest absolute Gasteiger partial charge is 0.407 e. The number of imidazole rings is 1. The number of alkyl carbamates (subject to hydrolysis) is 1. The minimum atomic E-state index is -0.746. The SMILES string of the molecule is CCO[C@H]1C[C@@H](c2nc3c(ccc4cc5c(cc43)OCc3cc(C4=NC([C@@H]6CCCN6)=NC4)ccc3-5)[nH]2)N(C(=O)[C@@H](NC(=O)OC)C(C)C)C1. The number of carbonyl (C=O) groups is 2. The van der Waals surface area contributed by atoms with Crippen molar-refractivity contribution in [1.82, 2.24) is 25.5 Å². The number of amidine groups is 1. The molecule has 0 radical (unpaired) electrons. The molecule has 0 saturated carbocycles. The fourth-order valence-corrected chi connectivity index (χ4v) is 7.79. The number of ether oxygens (including phenoxy) is 3.